The van der Waals surface area contributed by atoms with Gasteiger partial charge in [0, 0.05) is 58.7 Å². The number of anilines is 3. The van der Waals surface area contributed by atoms with Crippen molar-refractivity contribution in [2.75, 3.05) is 4.90 Å². The number of para-hydroxylation sites is 1. The van der Waals surface area contributed by atoms with Crippen LogP contribution < -0.4 is 4.90 Å². The van der Waals surface area contributed by atoms with Crippen molar-refractivity contribution < 1.29 is 8.83 Å². The van der Waals surface area contributed by atoms with Gasteiger partial charge in [-0.3, -0.25) is 0 Å². The first-order valence-corrected chi connectivity index (χ1v) is 20.4. The number of thiophene rings is 1. The first kappa shape index (κ1) is 32.8. The normalized spacial score (nSPS) is 11.8. The third-order valence-corrected chi connectivity index (χ3v) is 12.7. The highest BCUT2D eigenvalue weighted by atomic mass is 32.1. The van der Waals surface area contributed by atoms with Gasteiger partial charge >= 0.3 is 0 Å². The molecular formula is C54H33NO2S. The van der Waals surface area contributed by atoms with Crippen LogP contribution in [0, 0.1) is 0 Å². The molecule has 0 fully saturated rings. The Kier molecular flexibility index (Phi) is 7.40. The number of rotatable bonds is 6. The van der Waals surface area contributed by atoms with Crippen molar-refractivity contribution in [2.45, 2.75) is 0 Å². The highest BCUT2D eigenvalue weighted by molar-refractivity contribution is 7.26. The van der Waals surface area contributed by atoms with Crippen molar-refractivity contribution in [3.05, 3.63) is 200 Å². The summed E-state index contributed by atoms with van der Waals surface area (Å²) in [5, 5.41) is 6.82. The Balaban J connectivity index is 1.16. The topological polar surface area (TPSA) is 29.5 Å². The van der Waals surface area contributed by atoms with E-state index in [-0.39, 0.29) is 0 Å². The Morgan fingerprint density at radius 2 is 0.914 bits per heavy atom. The molecule has 0 N–H and O–H groups in total. The van der Waals surface area contributed by atoms with Crippen molar-refractivity contribution >= 4 is 92.4 Å². The van der Waals surface area contributed by atoms with Crippen LogP contribution in [-0.4, -0.2) is 0 Å². The van der Waals surface area contributed by atoms with Gasteiger partial charge in [0.15, 0.2) is 5.58 Å². The summed E-state index contributed by atoms with van der Waals surface area (Å²) in [6, 6.07) is 71.2. The van der Waals surface area contributed by atoms with E-state index in [0.717, 1.165) is 66.5 Å². The number of hydrogen-bond donors (Lipinski definition) is 0. The van der Waals surface area contributed by atoms with E-state index in [9.17, 15) is 0 Å². The average Bonchev–Trinajstić information content (AvgIpc) is 3.99. The van der Waals surface area contributed by atoms with Crippen molar-refractivity contribution in [1.82, 2.24) is 0 Å². The Hall–Kier alpha value is -7.40. The van der Waals surface area contributed by atoms with Gasteiger partial charge in [0.1, 0.15) is 16.7 Å². The van der Waals surface area contributed by atoms with Gasteiger partial charge in [-0.05, 0) is 82.4 Å². The first-order chi connectivity index (χ1) is 28.8. The minimum atomic E-state index is 0.822. The fourth-order valence-electron chi connectivity index (χ4n) is 8.82. The Morgan fingerprint density at radius 1 is 0.345 bits per heavy atom. The molecule has 3 nitrogen and oxygen atoms in total. The second kappa shape index (κ2) is 13.1. The molecule has 0 bridgehead atoms. The summed E-state index contributed by atoms with van der Waals surface area (Å²) in [4.78, 5) is 2.34. The third-order valence-electron chi connectivity index (χ3n) is 11.5. The van der Waals surface area contributed by atoms with Gasteiger partial charge in [-0.15, -0.1) is 11.3 Å². The molecule has 0 saturated heterocycles. The van der Waals surface area contributed by atoms with E-state index in [1.807, 2.05) is 23.5 Å². The van der Waals surface area contributed by atoms with E-state index < -0.39 is 0 Å². The SMILES string of the molecule is c1ccc(-c2ccc(N(c3ccc(-c4ccccc4)cc3)c3ccc(-c4cccc5c4sc4ccccc45)c4c3oc3ccc5oc6ccccc6c5c34)cc2)cc1. The zero-order valence-electron chi connectivity index (χ0n) is 31.2. The lowest BCUT2D eigenvalue weighted by atomic mass is 9.95. The van der Waals surface area contributed by atoms with Gasteiger partial charge in [0.2, 0.25) is 0 Å². The van der Waals surface area contributed by atoms with E-state index in [1.165, 1.54) is 48.0 Å². The summed E-state index contributed by atoms with van der Waals surface area (Å²) < 4.78 is 16.2. The Labute approximate surface area is 338 Å². The fraction of sp³-hybridized carbons (Fsp3) is 0. The first-order valence-electron chi connectivity index (χ1n) is 19.6. The maximum atomic E-state index is 7.17. The fourth-order valence-corrected chi connectivity index (χ4v) is 10.0. The summed E-state index contributed by atoms with van der Waals surface area (Å²) in [5.41, 5.74) is 13.4. The zero-order valence-corrected chi connectivity index (χ0v) is 32.0. The molecule has 9 aromatic carbocycles. The summed E-state index contributed by atoms with van der Waals surface area (Å²) in [6.07, 6.45) is 0. The number of hydrogen-bond acceptors (Lipinski definition) is 4. The van der Waals surface area contributed by atoms with E-state index in [4.69, 9.17) is 8.83 Å². The summed E-state index contributed by atoms with van der Waals surface area (Å²) >= 11 is 1.85. The second-order valence-corrected chi connectivity index (χ2v) is 15.8. The van der Waals surface area contributed by atoms with Gasteiger partial charge in [-0.25, -0.2) is 0 Å². The Morgan fingerprint density at radius 3 is 1.60 bits per heavy atom. The molecule has 0 saturated carbocycles. The van der Waals surface area contributed by atoms with Crippen LogP contribution in [0.1, 0.15) is 0 Å². The van der Waals surface area contributed by atoms with E-state index in [0.29, 0.717) is 0 Å². The molecule has 4 heteroatoms. The maximum Gasteiger partial charge on any atom is 0.160 e. The van der Waals surface area contributed by atoms with Crippen molar-refractivity contribution in [3.8, 4) is 33.4 Å². The van der Waals surface area contributed by atoms with Gasteiger partial charge in [0.25, 0.3) is 0 Å². The maximum absolute atomic E-state index is 7.17. The number of fused-ring (bicyclic) bond motifs is 10. The Bertz CT molecular complexity index is 3400. The van der Waals surface area contributed by atoms with Crippen LogP contribution in [-0.2, 0) is 0 Å². The monoisotopic (exact) mass is 759 g/mol. The largest absolute Gasteiger partial charge is 0.456 e. The lowest BCUT2D eigenvalue weighted by Gasteiger charge is -2.26. The molecule has 3 heterocycles. The molecule has 0 aliphatic heterocycles. The van der Waals surface area contributed by atoms with Crippen LogP contribution in [0.5, 0.6) is 0 Å². The molecule has 12 aromatic rings. The van der Waals surface area contributed by atoms with Gasteiger partial charge in [0.05, 0.1) is 5.69 Å². The summed E-state index contributed by atoms with van der Waals surface area (Å²) in [7, 11) is 0. The van der Waals surface area contributed by atoms with E-state index in [1.54, 1.807) is 0 Å². The van der Waals surface area contributed by atoms with Crippen molar-refractivity contribution in [1.29, 1.82) is 0 Å². The molecule has 0 radical (unpaired) electrons. The van der Waals surface area contributed by atoms with E-state index >= 15 is 0 Å². The smallest absolute Gasteiger partial charge is 0.160 e. The molecular weight excluding hydrogens is 727 g/mol. The molecule has 0 aliphatic carbocycles. The highest BCUT2D eigenvalue weighted by Gasteiger charge is 2.26. The molecule has 0 amide bonds. The van der Waals surface area contributed by atoms with Crippen LogP contribution in [0.25, 0.3) is 97.4 Å². The molecule has 58 heavy (non-hydrogen) atoms. The number of nitrogens with zero attached hydrogens (tertiary/aromatic N) is 1. The molecule has 0 unspecified atom stereocenters. The van der Waals surface area contributed by atoms with Gasteiger partial charge in [-0.1, -0.05) is 146 Å². The second-order valence-electron chi connectivity index (χ2n) is 14.8. The quantitative estimate of drug-likeness (QED) is 0.169. The molecule has 0 aliphatic rings. The number of furan rings is 2. The van der Waals surface area contributed by atoms with Crippen molar-refractivity contribution in [3.63, 3.8) is 0 Å². The summed E-state index contributed by atoms with van der Waals surface area (Å²) in [5.74, 6) is 0. The molecule has 12 rings (SSSR count). The number of benzene rings is 9. The standard InChI is InChI=1S/C54H33NO2S/c1-3-12-34(13-4-1)36-22-26-38(27-23-36)55(39-28-24-37(25-29-39)35-14-5-2-6-15-35)45-31-30-41(43-19-11-18-42-40-16-8-10-21-49(40)58-54(42)43)51-52-48(57-53(45)51)33-32-47-50(52)44-17-7-9-20-46(44)56-47/h1-33H. The average molecular weight is 760 g/mol. The molecule has 272 valence electrons. The van der Waals surface area contributed by atoms with Crippen LogP contribution in [0.4, 0.5) is 17.1 Å². The summed E-state index contributed by atoms with van der Waals surface area (Å²) in [6.45, 7) is 0. The van der Waals surface area contributed by atoms with E-state index in [2.05, 4.69) is 193 Å². The van der Waals surface area contributed by atoms with Crippen LogP contribution >= 0.6 is 11.3 Å². The highest BCUT2D eigenvalue weighted by Crippen LogP contribution is 2.51. The predicted octanol–water partition coefficient (Wildman–Crippen LogP) is 16.3. The minimum Gasteiger partial charge on any atom is -0.456 e. The lowest BCUT2D eigenvalue weighted by Crippen LogP contribution is -2.10. The molecule has 0 atom stereocenters. The predicted molar refractivity (Wildman–Crippen MR) is 245 cm³/mol. The van der Waals surface area contributed by atoms with Gasteiger partial charge < -0.3 is 13.7 Å². The lowest BCUT2D eigenvalue weighted by molar-refractivity contribution is 0.663. The third kappa shape index (κ3) is 5.12. The molecule has 0 spiro atoms. The van der Waals surface area contributed by atoms with Crippen LogP contribution in [0.3, 0.4) is 0 Å². The zero-order chi connectivity index (χ0) is 38.2. The van der Waals surface area contributed by atoms with Crippen molar-refractivity contribution in [2.24, 2.45) is 0 Å². The minimum absolute atomic E-state index is 0.822. The van der Waals surface area contributed by atoms with Gasteiger partial charge in [-0.2, -0.15) is 0 Å². The van der Waals surface area contributed by atoms with Crippen LogP contribution in [0.15, 0.2) is 209 Å². The molecule has 3 aromatic heterocycles. The van der Waals surface area contributed by atoms with Crippen LogP contribution in [0.2, 0.25) is 0 Å².